The van der Waals surface area contributed by atoms with Crippen molar-refractivity contribution in [1.82, 2.24) is 4.90 Å². The van der Waals surface area contributed by atoms with Crippen LogP contribution in [0.5, 0.6) is 0 Å². The lowest BCUT2D eigenvalue weighted by atomic mass is 9.79. The Morgan fingerprint density at radius 3 is 2.17 bits per heavy atom. The Labute approximate surface area is 213 Å². The Hall–Kier alpha value is -1.86. The molecule has 0 unspecified atom stereocenters. The molecule has 2 saturated carbocycles. The fraction of sp³-hybridized carbons (Fsp3) is 0.714. The number of rotatable bonds is 7. The van der Waals surface area contributed by atoms with Gasteiger partial charge in [-0.2, -0.15) is 0 Å². The van der Waals surface area contributed by atoms with Crippen LogP contribution in [0.3, 0.4) is 0 Å². The molecule has 2 aliphatic rings. The molecule has 1 aromatic carbocycles. The van der Waals surface area contributed by atoms with Gasteiger partial charge < -0.3 is 18.9 Å². The lowest BCUT2D eigenvalue weighted by Gasteiger charge is -2.46. The molecule has 2 fully saturated rings. The van der Waals surface area contributed by atoms with Gasteiger partial charge in [-0.15, -0.1) is 0 Å². The number of benzene rings is 1. The van der Waals surface area contributed by atoms with Crippen molar-refractivity contribution in [3.63, 3.8) is 0 Å². The predicted molar refractivity (Wildman–Crippen MR) is 144 cm³/mol. The highest BCUT2D eigenvalue weighted by Crippen LogP contribution is 2.41. The lowest BCUT2D eigenvalue weighted by molar-refractivity contribution is -0.00866. The third-order valence-electron chi connectivity index (χ3n) is 7.47. The van der Waals surface area contributed by atoms with Crippen LogP contribution in [0, 0.1) is 5.92 Å². The van der Waals surface area contributed by atoms with Crippen LogP contribution >= 0.6 is 0 Å². The van der Waals surface area contributed by atoms with Crippen molar-refractivity contribution in [3.05, 3.63) is 35.9 Å². The number of amides is 1. The molecule has 1 amide bonds. The van der Waals surface area contributed by atoms with Gasteiger partial charge in [-0.1, -0.05) is 56.3 Å². The summed E-state index contributed by atoms with van der Waals surface area (Å²) in [6.07, 6.45) is 4.56. The minimum atomic E-state index is -2.08. The predicted octanol–water partition coefficient (Wildman–Crippen LogP) is 7.00. The van der Waals surface area contributed by atoms with E-state index in [0.717, 1.165) is 43.4 Å². The molecule has 0 saturated heterocycles. The molecule has 0 radical (unpaired) electrons. The van der Waals surface area contributed by atoms with Gasteiger partial charge in [0.15, 0.2) is 8.32 Å². The number of hydrogen-bond acceptors (Lipinski definition) is 5. The Kier molecular flexibility index (Phi) is 8.42. The average Bonchev–Trinajstić information content (AvgIpc) is 3.56. The topological polar surface area (TPSA) is 60.4 Å². The standard InChI is InChI=1S/C28H46N2O4Si/c1-27(2,3)32-26(31)30(7)23-18-15-21(19-24(23)34-35(8,9)28(4,5)6)25(29-33-22-16-17-22)20-13-11-10-12-14-20/h10-14,21-24H,15-19H2,1-9H3/b29-25+/t21-,23+,24+/m0/s1. The minimum Gasteiger partial charge on any atom is -0.444 e. The number of carbonyl (C=O) groups is 1. The normalized spacial score (nSPS) is 24.1. The first kappa shape index (κ1) is 27.7. The van der Waals surface area contributed by atoms with Crippen LogP contribution in [0.4, 0.5) is 4.79 Å². The van der Waals surface area contributed by atoms with E-state index < -0.39 is 13.9 Å². The number of hydrogen-bond donors (Lipinski definition) is 0. The SMILES string of the molecule is CN(C(=O)OC(C)(C)C)[C@@H]1CC[C@H](/C(=N/OC2CC2)c2ccccc2)C[C@H]1O[Si](C)(C)C(C)(C)C. The van der Waals surface area contributed by atoms with Crippen molar-refractivity contribution in [1.29, 1.82) is 0 Å². The van der Waals surface area contributed by atoms with E-state index in [0.29, 0.717) is 0 Å². The van der Waals surface area contributed by atoms with Crippen molar-refractivity contribution >= 4 is 20.1 Å². The maximum Gasteiger partial charge on any atom is 0.410 e. The highest BCUT2D eigenvalue weighted by molar-refractivity contribution is 6.74. The number of ether oxygens (including phenoxy) is 1. The van der Waals surface area contributed by atoms with Gasteiger partial charge in [0.25, 0.3) is 0 Å². The van der Waals surface area contributed by atoms with Crippen LogP contribution in [0.2, 0.25) is 18.1 Å². The molecule has 6 nitrogen and oxygen atoms in total. The fourth-order valence-corrected chi connectivity index (χ4v) is 5.60. The molecule has 196 valence electrons. The summed E-state index contributed by atoms with van der Waals surface area (Å²) in [4.78, 5) is 20.6. The van der Waals surface area contributed by atoms with Crippen LogP contribution in [0.15, 0.2) is 35.5 Å². The molecule has 0 heterocycles. The van der Waals surface area contributed by atoms with E-state index in [4.69, 9.17) is 14.0 Å². The largest absolute Gasteiger partial charge is 0.444 e. The summed E-state index contributed by atoms with van der Waals surface area (Å²) >= 11 is 0. The first-order valence-corrected chi connectivity index (χ1v) is 16.0. The fourth-order valence-electron chi connectivity index (χ4n) is 4.23. The molecule has 3 rings (SSSR count). The summed E-state index contributed by atoms with van der Waals surface area (Å²) in [5, 5.41) is 4.75. The van der Waals surface area contributed by atoms with Gasteiger partial charge in [0.1, 0.15) is 11.7 Å². The summed E-state index contributed by atoms with van der Waals surface area (Å²) in [5.41, 5.74) is 1.56. The Morgan fingerprint density at radius 1 is 1.00 bits per heavy atom. The molecule has 0 aliphatic heterocycles. The van der Waals surface area contributed by atoms with Crippen molar-refractivity contribution < 1.29 is 18.8 Å². The molecule has 0 spiro atoms. The van der Waals surface area contributed by atoms with Crippen LogP contribution in [-0.2, 0) is 14.0 Å². The van der Waals surface area contributed by atoms with E-state index >= 15 is 0 Å². The number of nitrogens with zero attached hydrogens (tertiary/aromatic N) is 2. The molecule has 3 atom stereocenters. The van der Waals surface area contributed by atoms with Gasteiger partial charge in [-0.25, -0.2) is 4.79 Å². The van der Waals surface area contributed by atoms with E-state index in [1.807, 2.05) is 46.0 Å². The second-order valence-corrected chi connectivity index (χ2v) is 17.5. The molecular formula is C28H46N2O4Si. The van der Waals surface area contributed by atoms with Crippen LogP contribution < -0.4 is 0 Å². The van der Waals surface area contributed by atoms with Crippen molar-refractivity contribution in [2.45, 2.75) is 116 Å². The first-order chi connectivity index (χ1) is 16.2. The molecule has 1 aromatic rings. The van der Waals surface area contributed by atoms with Crippen LogP contribution in [0.1, 0.15) is 79.2 Å². The molecular weight excluding hydrogens is 456 g/mol. The summed E-state index contributed by atoms with van der Waals surface area (Å²) in [5.74, 6) is 0.203. The van der Waals surface area contributed by atoms with Crippen LogP contribution in [-0.4, -0.2) is 55.9 Å². The monoisotopic (exact) mass is 502 g/mol. The Bertz CT molecular complexity index is 884. The minimum absolute atomic E-state index is 0.0448. The summed E-state index contributed by atoms with van der Waals surface area (Å²) in [6, 6.07) is 10.3. The van der Waals surface area contributed by atoms with Gasteiger partial charge in [0.2, 0.25) is 0 Å². The quantitative estimate of drug-likeness (QED) is 0.229. The van der Waals surface area contributed by atoms with E-state index in [2.05, 4.69) is 51.2 Å². The van der Waals surface area contributed by atoms with Gasteiger partial charge in [-0.05, 0) is 76.6 Å². The molecule has 0 N–H and O–H groups in total. The average molecular weight is 503 g/mol. The molecule has 0 aromatic heterocycles. The zero-order valence-electron chi connectivity index (χ0n) is 23.3. The second-order valence-electron chi connectivity index (χ2n) is 12.7. The number of oxime groups is 1. The Morgan fingerprint density at radius 2 is 1.63 bits per heavy atom. The van der Waals surface area contributed by atoms with Gasteiger partial charge >= 0.3 is 6.09 Å². The summed E-state index contributed by atoms with van der Waals surface area (Å²) in [7, 11) is -0.231. The van der Waals surface area contributed by atoms with E-state index in [1.54, 1.807) is 4.90 Å². The lowest BCUT2D eigenvalue weighted by Crippen LogP contribution is -2.55. The Balaban J connectivity index is 1.88. The second kappa shape index (κ2) is 10.6. The number of carbonyl (C=O) groups excluding carboxylic acids is 1. The molecule has 0 bridgehead atoms. The first-order valence-electron chi connectivity index (χ1n) is 13.1. The van der Waals surface area contributed by atoms with Crippen molar-refractivity contribution in [2.75, 3.05) is 7.05 Å². The van der Waals surface area contributed by atoms with E-state index in [1.165, 1.54) is 0 Å². The number of likely N-dealkylation sites (N-methyl/N-ethyl adjacent to an activating group) is 1. The van der Waals surface area contributed by atoms with Gasteiger partial charge in [0.05, 0.1) is 17.9 Å². The highest BCUT2D eigenvalue weighted by atomic mass is 28.4. The van der Waals surface area contributed by atoms with Crippen LogP contribution in [0.25, 0.3) is 0 Å². The third-order valence-corrected chi connectivity index (χ3v) is 12.0. The maximum absolute atomic E-state index is 13.0. The maximum atomic E-state index is 13.0. The van der Waals surface area contributed by atoms with E-state index in [-0.39, 0.29) is 35.3 Å². The molecule has 35 heavy (non-hydrogen) atoms. The smallest absolute Gasteiger partial charge is 0.410 e. The van der Waals surface area contributed by atoms with E-state index in [9.17, 15) is 4.79 Å². The zero-order chi connectivity index (χ0) is 26.0. The zero-order valence-corrected chi connectivity index (χ0v) is 24.3. The van der Waals surface area contributed by atoms with Crippen molar-refractivity contribution in [3.8, 4) is 0 Å². The molecule has 7 heteroatoms. The van der Waals surface area contributed by atoms with Gasteiger partial charge in [0, 0.05) is 13.0 Å². The highest BCUT2D eigenvalue weighted by Gasteiger charge is 2.45. The summed E-state index contributed by atoms with van der Waals surface area (Å²) < 4.78 is 12.7. The summed E-state index contributed by atoms with van der Waals surface area (Å²) in [6.45, 7) is 17.0. The van der Waals surface area contributed by atoms with Gasteiger partial charge in [-0.3, -0.25) is 0 Å². The van der Waals surface area contributed by atoms with Crippen molar-refractivity contribution in [2.24, 2.45) is 11.1 Å². The molecule has 2 aliphatic carbocycles. The third kappa shape index (κ3) is 7.56.